The molecular formula is C91H60O. The first-order valence-electron chi connectivity index (χ1n) is 42.4. The Morgan fingerprint density at radius 2 is 0.859 bits per heavy atom. The molecule has 0 fully saturated rings. The van der Waals surface area contributed by atoms with Gasteiger partial charge < -0.3 is 4.42 Å². The number of hydrogen-bond donors (Lipinski definition) is 0. The van der Waals surface area contributed by atoms with Crippen molar-refractivity contribution in [1.29, 1.82) is 0 Å². The largest absolute Gasteiger partial charge is 0.456 e. The van der Waals surface area contributed by atoms with Crippen molar-refractivity contribution in [2.75, 3.05) is 0 Å². The van der Waals surface area contributed by atoms with Gasteiger partial charge in [-0.15, -0.1) is 0 Å². The van der Waals surface area contributed by atoms with E-state index in [1.54, 1.807) is 0 Å². The van der Waals surface area contributed by atoms with E-state index in [2.05, 4.69) is 184 Å². The molecule has 0 radical (unpaired) electrons. The van der Waals surface area contributed by atoms with E-state index in [1.807, 2.05) is 0 Å². The highest BCUT2D eigenvalue weighted by atomic mass is 16.3. The zero-order chi connectivity index (χ0) is 81.6. The number of rotatable bonds is 6. The third kappa shape index (κ3) is 8.05. The summed E-state index contributed by atoms with van der Waals surface area (Å²) in [6, 6.07) is 34.0. The Hall–Kier alpha value is -11.4. The molecule has 1 heterocycles. The Labute approximate surface area is 568 Å². The summed E-state index contributed by atoms with van der Waals surface area (Å²) in [5, 5.41) is 7.19. The van der Waals surface area contributed by atoms with Crippen molar-refractivity contribution in [3.05, 3.63) is 336 Å². The van der Waals surface area contributed by atoms with E-state index in [9.17, 15) is 11.0 Å². The molecule has 1 heteroatoms. The van der Waals surface area contributed by atoms with Crippen LogP contribution in [0.1, 0.15) is 92.0 Å². The maximum Gasteiger partial charge on any atom is 0.135 e. The van der Waals surface area contributed by atoms with E-state index in [1.165, 1.54) is 110 Å². The molecule has 0 amide bonds. The van der Waals surface area contributed by atoms with Crippen molar-refractivity contribution in [2.24, 2.45) is 0 Å². The summed E-state index contributed by atoms with van der Waals surface area (Å²) in [5.74, 6) is 0.652. The van der Waals surface area contributed by atoms with Gasteiger partial charge in [0.05, 0.1) is 32.9 Å². The van der Waals surface area contributed by atoms with Gasteiger partial charge in [0, 0.05) is 28.0 Å². The van der Waals surface area contributed by atoms with E-state index >= 15 is 0 Å². The quantitative estimate of drug-likeness (QED) is 0.119. The normalized spacial score (nSPS) is 18.7. The van der Waals surface area contributed by atoms with Crippen LogP contribution in [0.4, 0.5) is 0 Å². The van der Waals surface area contributed by atoms with Crippen LogP contribution in [0.3, 0.4) is 0 Å². The maximum atomic E-state index is 9.54. The van der Waals surface area contributed by atoms with Gasteiger partial charge in [-0.25, -0.2) is 0 Å². The minimum Gasteiger partial charge on any atom is -0.456 e. The average Bonchev–Trinajstić information content (AvgIpc) is 0.880. The standard InChI is InChI=1S/C53H36.C38H24O/c1-53(2)47-29-39(31-9-11-32(12-10-31)41-23-17-37-15-13-33-5-3-7-35-19-27-45(41)51(37)49(33)35)21-25-43(47)44-26-22-40(30-48(44)53)42-24-18-38-16-14-34-6-4-8-36-20-28-46(42)52(38)50(34)36;1-2-10-25(11-3-1)26-18-20-27(21-19-26)37-30-13-4-6-15-32(30)38(33-16-7-5-14-31(33)37)28-22-23-36-34(24-28)29-12-8-9-17-35(29)39-36/h3-30,42,46H,1-2H3;1-24H/i;1D,2D,3D,4D,5D,6D,7D,8D,9D,10D,11D,12D,13D,14D,15D,16D,17D,18D,19D,20D,21D,22D,23D,24D. The van der Waals surface area contributed by atoms with Crippen LogP contribution in [0.2, 0.25) is 0 Å². The zero-order valence-corrected chi connectivity index (χ0v) is 49.2. The molecule has 2 unspecified atom stereocenters. The van der Waals surface area contributed by atoms with Crippen molar-refractivity contribution in [3.63, 3.8) is 0 Å². The lowest BCUT2D eigenvalue weighted by Gasteiger charge is -2.33. The van der Waals surface area contributed by atoms with Crippen LogP contribution in [-0.4, -0.2) is 0 Å². The molecule has 0 N–H and O–H groups in total. The van der Waals surface area contributed by atoms with Gasteiger partial charge in [-0.2, -0.15) is 0 Å². The fraction of sp³-hybridized carbons (Fsp3) is 0.0549. The van der Waals surface area contributed by atoms with E-state index in [-0.39, 0.29) is 5.41 Å². The van der Waals surface area contributed by atoms with E-state index in [0.717, 1.165) is 0 Å². The Morgan fingerprint density at radius 1 is 0.337 bits per heavy atom. The van der Waals surface area contributed by atoms with Gasteiger partial charge in [-0.05, 0) is 189 Å². The molecule has 0 saturated carbocycles. The minimum atomic E-state index is -1.02. The summed E-state index contributed by atoms with van der Waals surface area (Å²) in [4.78, 5) is 0. The topological polar surface area (TPSA) is 13.1 Å². The predicted octanol–water partition coefficient (Wildman–Crippen LogP) is 25.2. The number of allylic oxidation sites excluding steroid dienone is 2. The molecule has 16 aromatic carbocycles. The lowest BCUT2D eigenvalue weighted by atomic mass is 9.71. The van der Waals surface area contributed by atoms with E-state index in [4.69, 9.17) is 26.3 Å². The lowest BCUT2D eigenvalue weighted by molar-refractivity contribution is 0.655. The van der Waals surface area contributed by atoms with Crippen molar-refractivity contribution < 1.29 is 37.3 Å². The molecule has 1 aromatic heterocycles. The molecule has 0 saturated heterocycles. The first-order chi connectivity index (χ1) is 55.3. The second kappa shape index (κ2) is 20.3. The van der Waals surface area contributed by atoms with Gasteiger partial charge in [-0.3, -0.25) is 0 Å². The predicted molar refractivity (Wildman–Crippen MR) is 391 cm³/mol. The highest BCUT2D eigenvalue weighted by Gasteiger charge is 2.38. The Bertz CT molecular complexity index is 7330. The van der Waals surface area contributed by atoms with Crippen molar-refractivity contribution in [3.8, 4) is 66.8 Å². The Kier molecular flexibility index (Phi) is 7.51. The maximum absolute atomic E-state index is 9.54. The molecule has 2 atom stereocenters. The van der Waals surface area contributed by atoms with Crippen molar-refractivity contribution in [1.82, 2.24) is 0 Å². The highest BCUT2D eigenvalue weighted by molar-refractivity contribution is 6.26. The van der Waals surface area contributed by atoms with Gasteiger partial charge in [0.1, 0.15) is 11.2 Å². The summed E-state index contributed by atoms with van der Waals surface area (Å²) in [7, 11) is 0. The van der Waals surface area contributed by atoms with Crippen LogP contribution in [0, 0.1) is 0 Å². The van der Waals surface area contributed by atoms with Crippen LogP contribution < -0.4 is 0 Å². The van der Waals surface area contributed by atoms with Crippen LogP contribution >= 0.6 is 0 Å². The van der Waals surface area contributed by atoms with Crippen molar-refractivity contribution in [2.45, 2.75) is 31.1 Å². The molecule has 3 aliphatic rings. The number of hydrogen-bond acceptors (Lipinski definition) is 1. The van der Waals surface area contributed by atoms with Crippen LogP contribution in [0.15, 0.2) is 307 Å². The molecular weight excluding hydrogens is 1110 g/mol. The molecule has 20 rings (SSSR count). The van der Waals surface area contributed by atoms with Gasteiger partial charge in [0.25, 0.3) is 0 Å². The van der Waals surface area contributed by atoms with Crippen LogP contribution in [0.5, 0.6) is 0 Å². The highest BCUT2D eigenvalue weighted by Crippen LogP contribution is 2.54. The fourth-order valence-corrected chi connectivity index (χ4v) is 14.8. The zero-order valence-electron chi connectivity index (χ0n) is 73.2. The summed E-state index contributed by atoms with van der Waals surface area (Å²) in [6.45, 7) is 4.82. The summed E-state index contributed by atoms with van der Waals surface area (Å²) in [6.07, 6.45) is 9.60. The molecule has 0 aliphatic heterocycles. The molecule has 17 aromatic rings. The number of fused-ring (bicyclic) bond motifs is 8. The van der Waals surface area contributed by atoms with Gasteiger partial charge in [-0.1, -0.05) is 305 Å². The van der Waals surface area contributed by atoms with Crippen LogP contribution in [0.25, 0.3) is 165 Å². The second-order valence-electron chi connectivity index (χ2n) is 24.3. The third-order valence-electron chi connectivity index (χ3n) is 19.1. The molecule has 3 aliphatic carbocycles. The minimum absolute atomic E-state index is 0.100. The Balaban J connectivity index is 0.000000157. The van der Waals surface area contributed by atoms with Gasteiger partial charge >= 0.3 is 0 Å². The number of para-hydroxylation sites is 1. The van der Waals surface area contributed by atoms with E-state index in [0.29, 0.717) is 11.8 Å². The van der Waals surface area contributed by atoms with Gasteiger partial charge in [0.15, 0.2) is 0 Å². The summed E-state index contributed by atoms with van der Waals surface area (Å²) >= 11 is 0. The molecule has 430 valence electrons. The molecule has 0 bridgehead atoms. The molecule has 0 spiro atoms. The second-order valence-corrected chi connectivity index (χ2v) is 24.3. The monoisotopic (exact) mass is 1190 g/mol. The summed E-state index contributed by atoms with van der Waals surface area (Å²) < 4.78 is 217. The SMILES string of the molecule is CC1(C)c2cc(-c3ccc(-c4ccc5ccc6cccc7ccc4c5c67)cc3)ccc2-c2ccc(C3C=Cc4ccc5cccc6c5c4C3C=C6)cc21.[2H]c1c([2H])c([2H])c(-c2c([2H])c([2H])c(-c3c4c([2H])c([2H])c([2H])c([2H])c4c(-c4c([2H])c([2H])c5oc6c([2H])c([2H])c([2H])c([2H])c6c5c4[2H])c4c([2H])c([2H])c([2H])c([2H])c34)c([2H])c2[2H])c([2H])c1[2H]. The third-order valence-corrected chi connectivity index (χ3v) is 19.1. The smallest absolute Gasteiger partial charge is 0.135 e. The lowest BCUT2D eigenvalue weighted by Crippen LogP contribution is -2.18. The van der Waals surface area contributed by atoms with Gasteiger partial charge in [0.2, 0.25) is 0 Å². The molecule has 1 nitrogen and oxygen atoms in total. The molecule has 92 heavy (non-hydrogen) atoms. The fourth-order valence-electron chi connectivity index (χ4n) is 14.8. The first-order valence-corrected chi connectivity index (χ1v) is 30.4. The van der Waals surface area contributed by atoms with Crippen molar-refractivity contribution >= 4 is 98.7 Å². The number of benzene rings is 16. The Morgan fingerprint density at radius 3 is 1.61 bits per heavy atom. The van der Waals surface area contributed by atoms with E-state index < -0.39 is 222 Å². The van der Waals surface area contributed by atoms with Crippen LogP contribution in [-0.2, 0) is 5.41 Å². The summed E-state index contributed by atoms with van der Waals surface area (Å²) in [5.41, 5.74) is 10.8. The first kappa shape index (κ1) is 34.0. The number of furan rings is 1. The average molecular weight is 1190 g/mol.